The van der Waals surface area contributed by atoms with Crippen LogP contribution in [0.25, 0.3) is 0 Å². The average Bonchev–Trinajstić information content (AvgIpc) is 3.53. The fourth-order valence-electron chi connectivity index (χ4n) is 4.43. The molecule has 8 heteroatoms. The van der Waals surface area contributed by atoms with Crippen molar-refractivity contribution in [1.82, 2.24) is 14.7 Å². The van der Waals surface area contributed by atoms with Gasteiger partial charge in [0.2, 0.25) is 11.8 Å². The van der Waals surface area contributed by atoms with Crippen LogP contribution < -0.4 is 0 Å². The maximum atomic E-state index is 13.4. The van der Waals surface area contributed by atoms with Gasteiger partial charge in [0.25, 0.3) is 0 Å². The normalized spacial score (nSPS) is 19.0. The van der Waals surface area contributed by atoms with E-state index in [0.29, 0.717) is 26.1 Å². The molecule has 1 atom stereocenters. The fraction of sp³-hybridized carbons (Fsp3) is 0.760. The molecular weight excluding hydrogens is 422 g/mol. The smallest absolute Gasteiger partial charge is 0.242 e. The van der Waals surface area contributed by atoms with E-state index >= 15 is 0 Å². The lowest BCUT2D eigenvalue weighted by molar-refractivity contribution is -0.142. The fourth-order valence-corrected chi connectivity index (χ4v) is 4.43. The van der Waals surface area contributed by atoms with E-state index in [1.165, 1.54) is 0 Å². The van der Waals surface area contributed by atoms with E-state index in [0.717, 1.165) is 83.7 Å². The van der Waals surface area contributed by atoms with Crippen LogP contribution in [0.4, 0.5) is 0 Å². The Labute approximate surface area is 198 Å². The number of nitrogens with zero attached hydrogens (tertiary/aromatic N) is 3. The van der Waals surface area contributed by atoms with Crippen molar-refractivity contribution in [2.24, 2.45) is 0 Å². The summed E-state index contributed by atoms with van der Waals surface area (Å²) >= 11 is 0. The predicted molar refractivity (Wildman–Crippen MR) is 126 cm³/mol. The minimum absolute atomic E-state index is 0.0443. The lowest BCUT2D eigenvalue weighted by Crippen LogP contribution is -2.46. The van der Waals surface area contributed by atoms with E-state index in [2.05, 4.69) is 11.8 Å². The zero-order chi connectivity index (χ0) is 23.3. The van der Waals surface area contributed by atoms with E-state index in [1.807, 2.05) is 12.1 Å². The Hall–Kier alpha value is -1.90. The number of hydrogen-bond donors (Lipinski definition) is 0. The van der Waals surface area contributed by atoms with Gasteiger partial charge in [0.1, 0.15) is 5.76 Å². The lowest BCUT2D eigenvalue weighted by atomic mass is 10.2. The Morgan fingerprint density at radius 3 is 2.64 bits per heavy atom. The van der Waals surface area contributed by atoms with E-state index in [4.69, 9.17) is 13.9 Å². The minimum atomic E-state index is -0.0443. The largest absolute Gasteiger partial charge is 0.467 e. The zero-order valence-corrected chi connectivity index (χ0v) is 20.2. The number of hydrogen-bond acceptors (Lipinski definition) is 6. The summed E-state index contributed by atoms with van der Waals surface area (Å²) in [6.45, 7) is 8.84. The number of carbonyl (C=O) groups is 2. The molecule has 1 aromatic rings. The zero-order valence-electron chi connectivity index (χ0n) is 20.2. The van der Waals surface area contributed by atoms with Crippen LogP contribution >= 0.6 is 0 Å². The standard InChI is InChI=1S/C25H41N3O5/c1-2-3-4-10-24(29)27(12-7-11-26-13-17-31-18-14-26)21-25(30)28(19-22-8-5-15-32-22)20-23-9-6-16-33-23/h5,8,15,23H,2-4,6-7,9-14,16-21H2,1H3. The summed E-state index contributed by atoms with van der Waals surface area (Å²) in [4.78, 5) is 32.3. The molecule has 1 aromatic heterocycles. The number of rotatable bonds is 14. The molecule has 0 bridgehead atoms. The molecule has 2 fully saturated rings. The molecular formula is C25H41N3O5. The number of morpholine rings is 1. The summed E-state index contributed by atoms with van der Waals surface area (Å²) in [6.07, 6.45) is 8.00. The summed E-state index contributed by atoms with van der Waals surface area (Å²) in [6, 6.07) is 3.71. The first-order valence-electron chi connectivity index (χ1n) is 12.7. The molecule has 3 rings (SSSR count). The number of amides is 2. The molecule has 0 N–H and O–H groups in total. The molecule has 2 saturated heterocycles. The minimum Gasteiger partial charge on any atom is -0.467 e. The van der Waals surface area contributed by atoms with Crippen molar-refractivity contribution < 1.29 is 23.5 Å². The van der Waals surface area contributed by atoms with Crippen LogP contribution in [-0.2, 0) is 25.6 Å². The van der Waals surface area contributed by atoms with Crippen LogP contribution in [0, 0.1) is 0 Å². The Bertz CT molecular complexity index is 684. The van der Waals surface area contributed by atoms with Gasteiger partial charge in [0.05, 0.1) is 38.7 Å². The predicted octanol–water partition coefficient (Wildman–Crippen LogP) is 2.92. The molecule has 0 radical (unpaired) electrons. The van der Waals surface area contributed by atoms with Crippen LogP contribution in [-0.4, -0.2) is 91.7 Å². The van der Waals surface area contributed by atoms with Gasteiger partial charge in [-0.05, 0) is 37.8 Å². The molecule has 0 saturated carbocycles. The van der Waals surface area contributed by atoms with Gasteiger partial charge in [-0.1, -0.05) is 19.8 Å². The van der Waals surface area contributed by atoms with Gasteiger partial charge in [-0.3, -0.25) is 14.5 Å². The first-order valence-corrected chi connectivity index (χ1v) is 12.7. The Balaban J connectivity index is 1.59. The quantitative estimate of drug-likeness (QED) is 0.395. The van der Waals surface area contributed by atoms with Gasteiger partial charge in [0.15, 0.2) is 0 Å². The third kappa shape index (κ3) is 9.10. The highest BCUT2D eigenvalue weighted by molar-refractivity contribution is 5.84. The summed E-state index contributed by atoms with van der Waals surface area (Å²) in [5.41, 5.74) is 0. The van der Waals surface area contributed by atoms with Crippen molar-refractivity contribution in [3.8, 4) is 0 Å². The molecule has 2 aliphatic rings. The second kappa shape index (κ2) is 14.4. The van der Waals surface area contributed by atoms with Crippen molar-refractivity contribution in [2.45, 2.75) is 64.5 Å². The Morgan fingerprint density at radius 2 is 1.94 bits per heavy atom. The number of unbranched alkanes of at least 4 members (excludes halogenated alkanes) is 2. The van der Waals surface area contributed by atoms with Gasteiger partial charge in [-0.25, -0.2) is 0 Å². The molecule has 1 unspecified atom stereocenters. The third-order valence-electron chi connectivity index (χ3n) is 6.41. The number of ether oxygens (including phenoxy) is 2. The summed E-state index contributed by atoms with van der Waals surface area (Å²) in [5.74, 6) is 0.778. The van der Waals surface area contributed by atoms with Crippen LogP contribution in [0.5, 0.6) is 0 Å². The summed E-state index contributed by atoms with van der Waals surface area (Å²) in [5, 5.41) is 0. The lowest BCUT2D eigenvalue weighted by Gasteiger charge is -2.30. The van der Waals surface area contributed by atoms with Crippen molar-refractivity contribution >= 4 is 11.8 Å². The Morgan fingerprint density at radius 1 is 1.09 bits per heavy atom. The molecule has 186 valence electrons. The highest BCUT2D eigenvalue weighted by atomic mass is 16.5. The molecule has 3 heterocycles. The number of furan rings is 1. The molecule has 0 aliphatic carbocycles. The third-order valence-corrected chi connectivity index (χ3v) is 6.41. The molecule has 33 heavy (non-hydrogen) atoms. The van der Waals surface area contributed by atoms with Gasteiger partial charge >= 0.3 is 0 Å². The van der Waals surface area contributed by atoms with Gasteiger partial charge in [-0.2, -0.15) is 0 Å². The van der Waals surface area contributed by atoms with E-state index in [9.17, 15) is 9.59 Å². The van der Waals surface area contributed by atoms with Crippen molar-refractivity contribution in [3.05, 3.63) is 24.2 Å². The van der Waals surface area contributed by atoms with E-state index < -0.39 is 0 Å². The van der Waals surface area contributed by atoms with Gasteiger partial charge < -0.3 is 23.7 Å². The van der Waals surface area contributed by atoms with Gasteiger partial charge in [0, 0.05) is 45.8 Å². The topological polar surface area (TPSA) is 75.5 Å². The number of carbonyl (C=O) groups excluding carboxylic acids is 2. The van der Waals surface area contributed by atoms with Crippen LogP contribution in [0.2, 0.25) is 0 Å². The van der Waals surface area contributed by atoms with Crippen molar-refractivity contribution in [2.75, 3.05) is 59.1 Å². The molecule has 0 aromatic carbocycles. The highest BCUT2D eigenvalue weighted by Crippen LogP contribution is 2.16. The van der Waals surface area contributed by atoms with Crippen molar-refractivity contribution in [1.29, 1.82) is 0 Å². The first-order chi connectivity index (χ1) is 16.2. The molecule has 8 nitrogen and oxygen atoms in total. The molecule has 2 amide bonds. The Kier molecular flexibility index (Phi) is 11.2. The van der Waals surface area contributed by atoms with Gasteiger partial charge in [-0.15, -0.1) is 0 Å². The van der Waals surface area contributed by atoms with Crippen LogP contribution in [0.1, 0.15) is 57.6 Å². The summed E-state index contributed by atoms with van der Waals surface area (Å²) < 4.78 is 16.7. The summed E-state index contributed by atoms with van der Waals surface area (Å²) in [7, 11) is 0. The maximum Gasteiger partial charge on any atom is 0.242 e. The second-order valence-corrected chi connectivity index (χ2v) is 9.07. The second-order valence-electron chi connectivity index (χ2n) is 9.07. The SMILES string of the molecule is CCCCCC(=O)N(CCCN1CCOCC1)CC(=O)N(Cc1ccco1)CC1CCCO1. The molecule has 0 spiro atoms. The average molecular weight is 464 g/mol. The molecule has 2 aliphatic heterocycles. The van der Waals surface area contributed by atoms with Crippen LogP contribution in [0.15, 0.2) is 22.8 Å². The highest BCUT2D eigenvalue weighted by Gasteiger charge is 2.26. The van der Waals surface area contributed by atoms with Crippen molar-refractivity contribution in [3.63, 3.8) is 0 Å². The van der Waals surface area contributed by atoms with E-state index in [1.54, 1.807) is 16.1 Å². The first kappa shape index (κ1) is 25.7. The van der Waals surface area contributed by atoms with E-state index in [-0.39, 0.29) is 24.5 Å². The maximum absolute atomic E-state index is 13.4. The van der Waals surface area contributed by atoms with Crippen LogP contribution in [0.3, 0.4) is 0 Å². The monoisotopic (exact) mass is 463 g/mol.